The number of rotatable bonds is 5. The second kappa shape index (κ2) is 6.30. The van der Waals surface area contributed by atoms with Gasteiger partial charge in [-0.2, -0.15) is 0 Å². The maximum Gasteiger partial charge on any atom is 0.256 e. The first-order valence-corrected chi connectivity index (χ1v) is 5.17. The van der Waals surface area contributed by atoms with Gasteiger partial charge in [0.15, 0.2) is 5.43 Å². The Morgan fingerprint density at radius 1 is 1.69 bits per heavy atom. The molecule has 0 aromatic carbocycles. The molecular formula is C10H13ClN2O3. The molecule has 2 N–H and O–H groups in total. The van der Waals surface area contributed by atoms with Crippen molar-refractivity contribution in [1.82, 2.24) is 10.3 Å². The number of halogens is 1. The van der Waals surface area contributed by atoms with Crippen LogP contribution in [0.3, 0.4) is 0 Å². The van der Waals surface area contributed by atoms with Crippen molar-refractivity contribution in [2.75, 3.05) is 20.3 Å². The molecule has 0 saturated carbocycles. The average molecular weight is 245 g/mol. The highest BCUT2D eigenvalue weighted by atomic mass is 35.5. The smallest absolute Gasteiger partial charge is 0.256 e. The molecule has 1 atom stereocenters. The summed E-state index contributed by atoms with van der Waals surface area (Å²) in [6.07, 6.45) is 2.83. The van der Waals surface area contributed by atoms with Crippen molar-refractivity contribution >= 4 is 17.5 Å². The van der Waals surface area contributed by atoms with Crippen molar-refractivity contribution in [2.45, 2.75) is 5.38 Å². The fourth-order valence-corrected chi connectivity index (χ4v) is 1.34. The number of hydrogen-bond donors (Lipinski definition) is 2. The highest BCUT2D eigenvalue weighted by Gasteiger charge is 2.11. The summed E-state index contributed by atoms with van der Waals surface area (Å²) in [6, 6.07) is 1.29. The first-order chi connectivity index (χ1) is 7.65. The highest BCUT2D eigenvalue weighted by Crippen LogP contribution is 1.95. The summed E-state index contributed by atoms with van der Waals surface area (Å²) in [6.45, 7) is 0.593. The molecule has 0 aliphatic carbocycles. The summed E-state index contributed by atoms with van der Waals surface area (Å²) in [7, 11) is 1.53. The number of aromatic amines is 1. The van der Waals surface area contributed by atoms with Crippen LogP contribution in [0.25, 0.3) is 0 Å². The third kappa shape index (κ3) is 3.67. The van der Waals surface area contributed by atoms with Crippen LogP contribution in [0.4, 0.5) is 0 Å². The average Bonchev–Trinajstić information content (AvgIpc) is 2.27. The van der Waals surface area contributed by atoms with E-state index in [4.69, 9.17) is 16.3 Å². The van der Waals surface area contributed by atoms with Crippen molar-refractivity contribution in [2.24, 2.45) is 0 Å². The molecule has 6 heteroatoms. The predicted molar refractivity (Wildman–Crippen MR) is 60.9 cm³/mol. The van der Waals surface area contributed by atoms with Gasteiger partial charge >= 0.3 is 0 Å². The molecule has 1 unspecified atom stereocenters. The standard InChI is InChI=1S/C10H13ClN2O3/c1-16-6-7(11)4-13-10(15)8-5-12-3-2-9(8)14/h2-3,5,7H,4,6H2,1H3,(H,12,14)(H,13,15). The third-order valence-electron chi connectivity index (χ3n) is 1.90. The first-order valence-electron chi connectivity index (χ1n) is 4.73. The van der Waals surface area contributed by atoms with E-state index in [1.54, 1.807) is 0 Å². The van der Waals surface area contributed by atoms with E-state index >= 15 is 0 Å². The molecule has 0 aliphatic rings. The molecule has 1 aromatic rings. The number of hydrogen-bond acceptors (Lipinski definition) is 3. The highest BCUT2D eigenvalue weighted by molar-refractivity contribution is 6.21. The lowest BCUT2D eigenvalue weighted by Crippen LogP contribution is -2.34. The number of carbonyl (C=O) groups excluding carboxylic acids is 1. The van der Waals surface area contributed by atoms with E-state index in [1.165, 1.54) is 25.6 Å². The number of alkyl halides is 1. The van der Waals surface area contributed by atoms with Gasteiger partial charge in [0.25, 0.3) is 5.91 Å². The molecule has 0 fully saturated rings. The van der Waals surface area contributed by atoms with Gasteiger partial charge in [-0.1, -0.05) is 0 Å². The molecule has 16 heavy (non-hydrogen) atoms. The van der Waals surface area contributed by atoms with Crippen molar-refractivity contribution in [1.29, 1.82) is 0 Å². The number of aromatic nitrogens is 1. The molecule has 0 saturated heterocycles. The van der Waals surface area contributed by atoms with Gasteiger partial charge in [0.1, 0.15) is 5.56 Å². The van der Waals surface area contributed by atoms with Crippen LogP contribution >= 0.6 is 11.6 Å². The van der Waals surface area contributed by atoms with Crippen LogP contribution in [0.5, 0.6) is 0 Å². The largest absolute Gasteiger partial charge is 0.383 e. The van der Waals surface area contributed by atoms with E-state index in [-0.39, 0.29) is 22.9 Å². The van der Waals surface area contributed by atoms with Gasteiger partial charge in [0, 0.05) is 32.1 Å². The summed E-state index contributed by atoms with van der Waals surface area (Å²) in [4.78, 5) is 25.5. The van der Waals surface area contributed by atoms with E-state index in [9.17, 15) is 9.59 Å². The van der Waals surface area contributed by atoms with Crippen molar-refractivity contribution in [3.63, 3.8) is 0 Å². The summed E-state index contributed by atoms with van der Waals surface area (Å²) in [5, 5.41) is 2.24. The van der Waals surface area contributed by atoms with E-state index in [2.05, 4.69) is 10.3 Å². The molecule has 0 radical (unpaired) electrons. The van der Waals surface area contributed by atoms with Gasteiger partial charge in [-0.25, -0.2) is 0 Å². The molecule has 0 bridgehead atoms. The molecule has 1 amide bonds. The maximum atomic E-state index is 11.5. The maximum absolute atomic E-state index is 11.5. The van der Waals surface area contributed by atoms with Gasteiger partial charge in [-0.15, -0.1) is 11.6 Å². The Hall–Kier alpha value is -1.33. The molecule has 1 rings (SSSR count). The number of nitrogens with one attached hydrogen (secondary N) is 2. The minimum Gasteiger partial charge on any atom is -0.383 e. The monoisotopic (exact) mass is 244 g/mol. The molecular weight excluding hydrogens is 232 g/mol. The number of amides is 1. The third-order valence-corrected chi connectivity index (χ3v) is 2.18. The fraction of sp³-hybridized carbons (Fsp3) is 0.400. The second-order valence-electron chi connectivity index (χ2n) is 3.18. The van der Waals surface area contributed by atoms with Crippen LogP contribution in [0.2, 0.25) is 0 Å². The molecule has 0 spiro atoms. The zero-order chi connectivity index (χ0) is 12.0. The minimum absolute atomic E-state index is 0.0729. The van der Waals surface area contributed by atoms with Gasteiger partial charge in [0.2, 0.25) is 0 Å². The summed E-state index contributed by atoms with van der Waals surface area (Å²) < 4.78 is 4.81. The molecule has 1 heterocycles. The topological polar surface area (TPSA) is 71.2 Å². The Labute approximate surface area is 97.8 Å². The van der Waals surface area contributed by atoms with Crippen LogP contribution in [0, 0.1) is 0 Å². The van der Waals surface area contributed by atoms with Gasteiger partial charge in [-0.05, 0) is 0 Å². The van der Waals surface area contributed by atoms with Crippen LogP contribution in [0.1, 0.15) is 10.4 Å². The van der Waals surface area contributed by atoms with Crippen molar-refractivity contribution < 1.29 is 9.53 Å². The Kier molecular flexibility index (Phi) is 5.01. The Balaban J connectivity index is 2.54. The normalized spacial score (nSPS) is 12.1. The lowest BCUT2D eigenvalue weighted by atomic mass is 10.2. The second-order valence-corrected chi connectivity index (χ2v) is 3.80. The molecule has 1 aromatic heterocycles. The summed E-state index contributed by atoms with van der Waals surface area (Å²) in [5.41, 5.74) is -0.252. The predicted octanol–water partition coefficient (Wildman–Crippen LogP) is 0.359. The Morgan fingerprint density at radius 3 is 3.06 bits per heavy atom. The quantitative estimate of drug-likeness (QED) is 0.735. The fourth-order valence-electron chi connectivity index (χ4n) is 1.13. The number of H-pyrrole nitrogens is 1. The van der Waals surface area contributed by atoms with Gasteiger partial charge < -0.3 is 15.0 Å². The molecule has 88 valence electrons. The number of ether oxygens (including phenoxy) is 1. The van der Waals surface area contributed by atoms with Crippen molar-refractivity contribution in [3.05, 3.63) is 34.2 Å². The number of carbonyl (C=O) groups is 1. The van der Waals surface area contributed by atoms with E-state index in [0.717, 1.165) is 0 Å². The van der Waals surface area contributed by atoms with Crippen LogP contribution in [-0.4, -0.2) is 36.5 Å². The lowest BCUT2D eigenvalue weighted by molar-refractivity contribution is 0.0948. The summed E-state index contributed by atoms with van der Waals surface area (Å²) >= 11 is 5.83. The zero-order valence-electron chi connectivity index (χ0n) is 8.83. The van der Waals surface area contributed by atoms with Crippen molar-refractivity contribution in [3.8, 4) is 0 Å². The van der Waals surface area contributed by atoms with Crippen LogP contribution < -0.4 is 10.7 Å². The minimum atomic E-state index is -0.441. The summed E-state index contributed by atoms with van der Waals surface area (Å²) in [5.74, 6) is -0.441. The SMILES string of the molecule is COCC(Cl)CNC(=O)c1c[nH]ccc1=O. The molecule has 0 aliphatic heterocycles. The van der Waals surface area contributed by atoms with E-state index < -0.39 is 5.91 Å². The number of methoxy groups -OCH3 is 1. The van der Waals surface area contributed by atoms with Gasteiger partial charge in [0.05, 0.1) is 12.0 Å². The zero-order valence-corrected chi connectivity index (χ0v) is 9.58. The van der Waals surface area contributed by atoms with E-state index in [1.807, 2.05) is 0 Å². The first kappa shape index (κ1) is 12.7. The van der Waals surface area contributed by atoms with E-state index in [0.29, 0.717) is 6.61 Å². The number of pyridine rings is 1. The van der Waals surface area contributed by atoms with Crippen LogP contribution in [-0.2, 0) is 4.74 Å². The van der Waals surface area contributed by atoms with Crippen LogP contribution in [0.15, 0.2) is 23.3 Å². The lowest BCUT2D eigenvalue weighted by Gasteiger charge is -2.09. The molecule has 5 nitrogen and oxygen atoms in total. The van der Waals surface area contributed by atoms with Gasteiger partial charge in [-0.3, -0.25) is 9.59 Å². The Morgan fingerprint density at radius 2 is 2.44 bits per heavy atom. The Bertz CT molecular complexity index is 405.